The summed E-state index contributed by atoms with van der Waals surface area (Å²) in [4.78, 5) is 0. The molecule has 0 radical (unpaired) electrons. The maximum absolute atomic E-state index is 12.9. The zero-order valence-electron chi connectivity index (χ0n) is 11.8. The topological polar surface area (TPSA) is 29.5 Å². The summed E-state index contributed by atoms with van der Waals surface area (Å²) in [5.41, 5.74) is 2.74. The fraction of sp³-hybridized carbons (Fsp3) is 0.294. The summed E-state index contributed by atoms with van der Waals surface area (Å²) < 4.78 is 18.4. The molecule has 0 amide bonds. The largest absolute Gasteiger partial charge is 0.493 e. The normalized spacial score (nSPS) is 12.2. The number of aliphatic hydroxyl groups is 1. The third-order valence-electron chi connectivity index (χ3n) is 3.17. The van der Waals surface area contributed by atoms with Gasteiger partial charge < -0.3 is 9.84 Å². The summed E-state index contributed by atoms with van der Waals surface area (Å²) in [6.07, 6.45) is -0.231. The van der Waals surface area contributed by atoms with E-state index in [-0.39, 0.29) is 5.82 Å². The van der Waals surface area contributed by atoms with Crippen molar-refractivity contribution in [3.05, 3.63) is 65.0 Å². The summed E-state index contributed by atoms with van der Waals surface area (Å²) in [6.45, 7) is 4.44. The van der Waals surface area contributed by atoms with Gasteiger partial charge in [0.05, 0.1) is 12.7 Å². The molecule has 0 bridgehead atoms. The molecule has 0 spiro atoms. The van der Waals surface area contributed by atoms with Crippen LogP contribution in [0, 0.1) is 12.7 Å². The summed E-state index contributed by atoms with van der Waals surface area (Å²) in [5, 5.41) is 10.4. The van der Waals surface area contributed by atoms with Crippen molar-refractivity contribution in [2.24, 2.45) is 0 Å². The van der Waals surface area contributed by atoms with Gasteiger partial charge in [-0.05, 0) is 43.7 Å². The van der Waals surface area contributed by atoms with Gasteiger partial charge in [-0.3, -0.25) is 0 Å². The maximum atomic E-state index is 12.9. The van der Waals surface area contributed by atoms with Gasteiger partial charge in [-0.2, -0.15) is 0 Å². The van der Waals surface area contributed by atoms with Crippen molar-refractivity contribution in [3.8, 4) is 5.75 Å². The fourth-order valence-electron chi connectivity index (χ4n) is 2.17. The number of aryl methyl sites for hydroxylation is 1. The second kappa shape index (κ2) is 6.53. The lowest BCUT2D eigenvalue weighted by atomic mass is 9.99. The predicted molar refractivity (Wildman–Crippen MR) is 77.4 cm³/mol. The van der Waals surface area contributed by atoms with Crippen LogP contribution in [0.1, 0.15) is 29.7 Å². The zero-order valence-corrected chi connectivity index (χ0v) is 11.8. The number of halogens is 1. The van der Waals surface area contributed by atoms with E-state index in [2.05, 4.69) is 0 Å². The Morgan fingerprint density at radius 3 is 2.50 bits per heavy atom. The minimum Gasteiger partial charge on any atom is -0.493 e. The third-order valence-corrected chi connectivity index (χ3v) is 3.17. The maximum Gasteiger partial charge on any atom is 0.125 e. The van der Waals surface area contributed by atoms with Gasteiger partial charge >= 0.3 is 0 Å². The molecule has 2 aromatic rings. The van der Waals surface area contributed by atoms with Crippen molar-refractivity contribution in [3.63, 3.8) is 0 Å². The second-order valence-electron chi connectivity index (χ2n) is 4.82. The molecule has 3 heteroatoms. The van der Waals surface area contributed by atoms with E-state index in [1.54, 1.807) is 12.1 Å². The highest BCUT2D eigenvalue weighted by Crippen LogP contribution is 2.29. The molecule has 0 aliphatic carbocycles. The van der Waals surface area contributed by atoms with Crippen molar-refractivity contribution in [2.45, 2.75) is 26.4 Å². The number of hydrogen-bond donors (Lipinski definition) is 1. The number of ether oxygens (including phenoxy) is 1. The Balaban J connectivity index is 2.21. The number of rotatable bonds is 5. The van der Waals surface area contributed by atoms with Gasteiger partial charge in [-0.1, -0.05) is 23.8 Å². The van der Waals surface area contributed by atoms with Crippen LogP contribution in [-0.2, 0) is 6.42 Å². The quantitative estimate of drug-likeness (QED) is 0.898. The second-order valence-corrected chi connectivity index (χ2v) is 4.82. The van der Waals surface area contributed by atoms with Crippen molar-refractivity contribution in [1.29, 1.82) is 0 Å². The molecule has 106 valence electrons. The average molecular weight is 274 g/mol. The van der Waals surface area contributed by atoms with Crippen molar-refractivity contribution >= 4 is 0 Å². The summed E-state index contributed by atoms with van der Waals surface area (Å²) in [7, 11) is 0. The SMILES string of the molecule is CCOc1ccc(C)cc1C(O)Cc1ccc(F)cc1. The Kier molecular flexibility index (Phi) is 4.74. The first kappa shape index (κ1) is 14.5. The molecule has 0 aliphatic heterocycles. The predicted octanol–water partition coefficient (Wildman–Crippen LogP) is 3.81. The van der Waals surface area contributed by atoms with Crippen LogP contribution in [0.3, 0.4) is 0 Å². The van der Waals surface area contributed by atoms with Crippen molar-refractivity contribution in [1.82, 2.24) is 0 Å². The average Bonchev–Trinajstić information content (AvgIpc) is 2.43. The van der Waals surface area contributed by atoms with E-state index in [1.807, 2.05) is 32.0 Å². The van der Waals surface area contributed by atoms with Crippen LogP contribution in [0.25, 0.3) is 0 Å². The fourth-order valence-corrected chi connectivity index (χ4v) is 2.17. The highest BCUT2D eigenvalue weighted by atomic mass is 19.1. The first-order valence-electron chi connectivity index (χ1n) is 6.76. The van der Waals surface area contributed by atoms with Gasteiger partial charge in [0.15, 0.2) is 0 Å². The molecular weight excluding hydrogens is 255 g/mol. The van der Waals surface area contributed by atoms with Gasteiger partial charge in [0.2, 0.25) is 0 Å². The van der Waals surface area contributed by atoms with Crippen molar-refractivity contribution < 1.29 is 14.2 Å². The van der Waals surface area contributed by atoms with Gasteiger partial charge in [0.25, 0.3) is 0 Å². The molecular formula is C17H19FO2. The van der Waals surface area contributed by atoms with Crippen molar-refractivity contribution in [2.75, 3.05) is 6.61 Å². The molecule has 0 saturated carbocycles. The highest BCUT2D eigenvalue weighted by molar-refractivity contribution is 5.39. The Hall–Kier alpha value is -1.87. The Labute approximate surface area is 118 Å². The summed E-state index contributed by atoms with van der Waals surface area (Å²) in [5.74, 6) is 0.432. The van der Waals surface area contributed by atoms with Crippen LogP contribution in [0.5, 0.6) is 5.75 Å². The third kappa shape index (κ3) is 3.58. The molecule has 1 atom stereocenters. The lowest BCUT2D eigenvalue weighted by molar-refractivity contribution is 0.172. The van der Waals surface area contributed by atoms with Gasteiger partial charge in [-0.15, -0.1) is 0 Å². The van der Waals surface area contributed by atoms with Crippen LogP contribution in [0.15, 0.2) is 42.5 Å². The molecule has 0 fully saturated rings. The molecule has 1 unspecified atom stereocenters. The van der Waals surface area contributed by atoms with Crippen LogP contribution in [0.2, 0.25) is 0 Å². The smallest absolute Gasteiger partial charge is 0.125 e. The molecule has 0 aromatic heterocycles. The number of aliphatic hydroxyl groups excluding tert-OH is 1. The molecule has 0 saturated heterocycles. The van der Waals surface area contributed by atoms with Crippen LogP contribution >= 0.6 is 0 Å². The van der Waals surface area contributed by atoms with Gasteiger partial charge in [-0.25, -0.2) is 4.39 Å². The van der Waals surface area contributed by atoms with Gasteiger partial charge in [0.1, 0.15) is 11.6 Å². The molecule has 20 heavy (non-hydrogen) atoms. The highest BCUT2D eigenvalue weighted by Gasteiger charge is 2.14. The molecule has 0 aliphatic rings. The van der Waals surface area contributed by atoms with Crippen LogP contribution in [0.4, 0.5) is 4.39 Å². The lowest BCUT2D eigenvalue weighted by Crippen LogP contribution is -2.06. The minimum atomic E-state index is -0.665. The van der Waals surface area contributed by atoms with E-state index in [0.717, 1.165) is 16.7 Å². The number of hydrogen-bond acceptors (Lipinski definition) is 2. The van der Waals surface area contributed by atoms with E-state index >= 15 is 0 Å². The molecule has 0 heterocycles. The Morgan fingerprint density at radius 1 is 1.15 bits per heavy atom. The van der Waals surface area contributed by atoms with E-state index in [0.29, 0.717) is 18.8 Å². The minimum absolute atomic E-state index is 0.270. The lowest BCUT2D eigenvalue weighted by Gasteiger charge is -2.16. The first-order chi connectivity index (χ1) is 9.60. The molecule has 2 nitrogen and oxygen atoms in total. The standard InChI is InChI=1S/C17H19FO2/c1-3-20-17-9-4-12(2)10-15(17)16(19)11-13-5-7-14(18)8-6-13/h4-10,16,19H,3,11H2,1-2H3. The zero-order chi connectivity index (χ0) is 14.5. The summed E-state index contributed by atoms with van der Waals surface area (Å²) >= 11 is 0. The van der Waals surface area contributed by atoms with Gasteiger partial charge in [0, 0.05) is 12.0 Å². The van der Waals surface area contributed by atoms with Crippen LogP contribution < -0.4 is 4.74 Å². The summed E-state index contributed by atoms with van der Waals surface area (Å²) in [6, 6.07) is 12.0. The van der Waals surface area contributed by atoms with E-state index < -0.39 is 6.10 Å². The monoisotopic (exact) mass is 274 g/mol. The molecule has 2 rings (SSSR count). The Bertz CT molecular complexity index is 564. The molecule has 1 N–H and O–H groups in total. The van der Waals surface area contributed by atoms with E-state index in [1.165, 1.54) is 12.1 Å². The first-order valence-corrected chi connectivity index (χ1v) is 6.76. The van der Waals surface area contributed by atoms with Crippen LogP contribution in [-0.4, -0.2) is 11.7 Å². The number of benzene rings is 2. The Morgan fingerprint density at radius 2 is 1.85 bits per heavy atom. The molecule has 2 aromatic carbocycles. The van der Waals surface area contributed by atoms with E-state index in [4.69, 9.17) is 4.74 Å². The van der Waals surface area contributed by atoms with E-state index in [9.17, 15) is 9.50 Å².